The second kappa shape index (κ2) is 5.21. The molecular formula is C10H18N2O. The third kappa shape index (κ3) is 3.75. The summed E-state index contributed by atoms with van der Waals surface area (Å²) in [6.07, 6.45) is 3.63. The van der Waals surface area contributed by atoms with Gasteiger partial charge in [0.05, 0.1) is 12.2 Å². The van der Waals surface area contributed by atoms with Crippen molar-refractivity contribution < 1.29 is 5.11 Å². The summed E-state index contributed by atoms with van der Waals surface area (Å²) in [7, 11) is 0. The lowest BCUT2D eigenvalue weighted by atomic mass is 10.2. The quantitative estimate of drug-likeness (QED) is 0.670. The van der Waals surface area contributed by atoms with E-state index in [-0.39, 0.29) is 6.10 Å². The van der Waals surface area contributed by atoms with Crippen molar-refractivity contribution in [2.45, 2.75) is 44.8 Å². The number of nitriles is 1. The number of rotatable bonds is 6. The molecule has 0 aromatic rings. The van der Waals surface area contributed by atoms with Crippen LogP contribution in [0.4, 0.5) is 0 Å². The van der Waals surface area contributed by atoms with Gasteiger partial charge in [-0.3, -0.25) is 4.90 Å². The predicted octanol–water partition coefficient (Wildman–Crippen LogP) is 1.14. The topological polar surface area (TPSA) is 47.3 Å². The van der Waals surface area contributed by atoms with E-state index in [0.29, 0.717) is 12.5 Å². The van der Waals surface area contributed by atoms with Crippen molar-refractivity contribution in [3.05, 3.63) is 0 Å². The maximum atomic E-state index is 9.48. The first-order valence-corrected chi connectivity index (χ1v) is 5.07. The molecule has 1 atom stereocenters. The van der Waals surface area contributed by atoms with Crippen molar-refractivity contribution in [2.75, 3.05) is 13.1 Å². The molecular weight excluding hydrogens is 164 g/mol. The van der Waals surface area contributed by atoms with E-state index in [1.165, 1.54) is 12.8 Å². The van der Waals surface area contributed by atoms with E-state index in [2.05, 4.69) is 11.0 Å². The van der Waals surface area contributed by atoms with Crippen LogP contribution in [0, 0.1) is 11.3 Å². The van der Waals surface area contributed by atoms with E-state index in [1.54, 1.807) is 0 Å². The maximum absolute atomic E-state index is 9.48. The molecule has 0 saturated heterocycles. The molecule has 1 N–H and O–H groups in total. The lowest BCUT2D eigenvalue weighted by Gasteiger charge is -2.23. The van der Waals surface area contributed by atoms with Crippen LogP contribution in [0.5, 0.6) is 0 Å². The summed E-state index contributed by atoms with van der Waals surface area (Å²) in [5, 5.41) is 17.9. The van der Waals surface area contributed by atoms with E-state index in [4.69, 9.17) is 5.26 Å². The first kappa shape index (κ1) is 10.5. The molecule has 0 bridgehead atoms. The SMILES string of the molecule is CCC(O)CN(CCC#N)C1CC1. The van der Waals surface area contributed by atoms with Crippen molar-refractivity contribution in [3.8, 4) is 6.07 Å². The van der Waals surface area contributed by atoms with Gasteiger partial charge in [-0.15, -0.1) is 0 Å². The fraction of sp³-hybridized carbons (Fsp3) is 0.900. The average molecular weight is 182 g/mol. The lowest BCUT2D eigenvalue weighted by molar-refractivity contribution is 0.106. The van der Waals surface area contributed by atoms with E-state index in [9.17, 15) is 5.11 Å². The summed E-state index contributed by atoms with van der Waals surface area (Å²) in [6, 6.07) is 2.80. The number of aliphatic hydroxyl groups is 1. The van der Waals surface area contributed by atoms with Crippen LogP contribution in [0.25, 0.3) is 0 Å². The molecule has 0 spiro atoms. The maximum Gasteiger partial charge on any atom is 0.0664 e. The predicted molar refractivity (Wildman–Crippen MR) is 51.1 cm³/mol. The molecule has 0 aromatic carbocycles. The smallest absolute Gasteiger partial charge is 0.0664 e. The molecule has 74 valence electrons. The van der Waals surface area contributed by atoms with Gasteiger partial charge in [0.25, 0.3) is 0 Å². The average Bonchev–Trinajstić information content (AvgIpc) is 2.94. The van der Waals surface area contributed by atoms with Gasteiger partial charge >= 0.3 is 0 Å². The fourth-order valence-corrected chi connectivity index (χ4v) is 1.46. The molecule has 0 aliphatic heterocycles. The van der Waals surface area contributed by atoms with Crippen LogP contribution in [0.3, 0.4) is 0 Å². The third-order valence-electron chi connectivity index (χ3n) is 2.49. The number of nitrogens with zero attached hydrogens (tertiary/aromatic N) is 2. The summed E-state index contributed by atoms with van der Waals surface area (Å²) in [5.74, 6) is 0. The summed E-state index contributed by atoms with van der Waals surface area (Å²) < 4.78 is 0. The monoisotopic (exact) mass is 182 g/mol. The summed E-state index contributed by atoms with van der Waals surface area (Å²) in [5.41, 5.74) is 0. The summed E-state index contributed by atoms with van der Waals surface area (Å²) in [6.45, 7) is 3.54. The van der Waals surface area contributed by atoms with Gasteiger partial charge in [-0.05, 0) is 19.3 Å². The van der Waals surface area contributed by atoms with Crippen LogP contribution in [-0.4, -0.2) is 35.2 Å². The molecule has 3 nitrogen and oxygen atoms in total. The van der Waals surface area contributed by atoms with Crippen LogP contribution in [-0.2, 0) is 0 Å². The van der Waals surface area contributed by atoms with Crippen molar-refractivity contribution in [1.29, 1.82) is 5.26 Å². The molecule has 0 heterocycles. The Bertz CT molecular complexity index is 184. The molecule has 0 aromatic heterocycles. The van der Waals surface area contributed by atoms with Gasteiger partial charge in [-0.1, -0.05) is 6.92 Å². The van der Waals surface area contributed by atoms with Gasteiger partial charge in [0, 0.05) is 25.6 Å². The Morgan fingerprint density at radius 1 is 1.62 bits per heavy atom. The van der Waals surface area contributed by atoms with E-state index >= 15 is 0 Å². The Labute approximate surface area is 80.0 Å². The standard InChI is InChI=1S/C10H18N2O/c1-2-10(13)8-12(7-3-6-11)9-4-5-9/h9-10,13H,2-5,7-8H2,1H3. The van der Waals surface area contributed by atoms with Crippen LogP contribution in [0.2, 0.25) is 0 Å². The zero-order valence-electron chi connectivity index (χ0n) is 8.24. The molecule has 1 unspecified atom stereocenters. The summed E-state index contributed by atoms with van der Waals surface area (Å²) in [4.78, 5) is 2.25. The van der Waals surface area contributed by atoms with Gasteiger partial charge in [0.15, 0.2) is 0 Å². The zero-order chi connectivity index (χ0) is 9.68. The van der Waals surface area contributed by atoms with Gasteiger partial charge < -0.3 is 5.11 Å². The van der Waals surface area contributed by atoms with Crippen LogP contribution in [0.15, 0.2) is 0 Å². The number of hydrogen-bond acceptors (Lipinski definition) is 3. The Morgan fingerprint density at radius 3 is 2.77 bits per heavy atom. The van der Waals surface area contributed by atoms with Crippen LogP contribution in [0.1, 0.15) is 32.6 Å². The second-order valence-electron chi connectivity index (χ2n) is 3.70. The fourth-order valence-electron chi connectivity index (χ4n) is 1.46. The van der Waals surface area contributed by atoms with Crippen molar-refractivity contribution in [2.24, 2.45) is 0 Å². The first-order valence-electron chi connectivity index (χ1n) is 5.07. The van der Waals surface area contributed by atoms with Gasteiger partial charge in [0.2, 0.25) is 0 Å². The minimum Gasteiger partial charge on any atom is -0.392 e. The lowest BCUT2D eigenvalue weighted by Crippen LogP contribution is -2.34. The highest BCUT2D eigenvalue weighted by molar-refractivity contribution is 4.87. The minimum absolute atomic E-state index is 0.223. The molecule has 3 heteroatoms. The van der Waals surface area contributed by atoms with E-state index < -0.39 is 0 Å². The van der Waals surface area contributed by atoms with Crippen LogP contribution >= 0.6 is 0 Å². The molecule has 0 amide bonds. The normalized spacial score (nSPS) is 18.6. The van der Waals surface area contributed by atoms with Crippen LogP contribution < -0.4 is 0 Å². The molecule has 13 heavy (non-hydrogen) atoms. The van der Waals surface area contributed by atoms with E-state index in [1.807, 2.05) is 6.92 Å². The first-order chi connectivity index (χ1) is 6.27. The Morgan fingerprint density at radius 2 is 2.31 bits per heavy atom. The van der Waals surface area contributed by atoms with Gasteiger partial charge in [0.1, 0.15) is 0 Å². The number of aliphatic hydroxyl groups excluding tert-OH is 1. The minimum atomic E-state index is -0.223. The van der Waals surface area contributed by atoms with Crippen molar-refractivity contribution in [3.63, 3.8) is 0 Å². The highest BCUT2D eigenvalue weighted by Crippen LogP contribution is 2.27. The molecule has 0 radical (unpaired) electrons. The molecule has 1 saturated carbocycles. The Hall–Kier alpha value is -0.590. The van der Waals surface area contributed by atoms with E-state index in [0.717, 1.165) is 19.5 Å². The van der Waals surface area contributed by atoms with Crippen molar-refractivity contribution >= 4 is 0 Å². The highest BCUT2D eigenvalue weighted by Gasteiger charge is 2.29. The zero-order valence-corrected chi connectivity index (χ0v) is 8.24. The summed E-state index contributed by atoms with van der Waals surface area (Å²) >= 11 is 0. The largest absolute Gasteiger partial charge is 0.392 e. The Balaban J connectivity index is 2.25. The molecule has 1 fully saturated rings. The van der Waals surface area contributed by atoms with Gasteiger partial charge in [-0.25, -0.2) is 0 Å². The second-order valence-corrected chi connectivity index (χ2v) is 3.70. The molecule has 1 aliphatic carbocycles. The third-order valence-corrected chi connectivity index (χ3v) is 2.49. The Kier molecular flexibility index (Phi) is 4.20. The highest BCUT2D eigenvalue weighted by atomic mass is 16.3. The number of hydrogen-bond donors (Lipinski definition) is 1. The molecule has 1 aliphatic rings. The van der Waals surface area contributed by atoms with Crippen molar-refractivity contribution in [1.82, 2.24) is 4.90 Å². The van der Waals surface area contributed by atoms with Gasteiger partial charge in [-0.2, -0.15) is 5.26 Å². The molecule has 1 rings (SSSR count).